The number of carbonyl (C=O) groups excluding carboxylic acids is 3. The summed E-state index contributed by atoms with van der Waals surface area (Å²) in [4.78, 5) is 39.5. The summed E-state index contributed by atoms with van der Waals surface area (Å²) in [6.45, 7) is 6.17. The van der Waals surface area contributed by atoms with Gasteiger partial charge in [0.1, 0.15) is 0 Å². The van der Waals surface area contributed by atoms with E-state index in [0.29, 0.717) is 34.8 Å². The summed E-state index contributed by atoms with van der Waals surface area (Å²) in [7, 11) is 0. The van der Waals surface area contributed by atoms with Crippen molar-refractivity contribution in [1.82, 2.24) is 10.2 Å². The number of nitrogens with one attached hydrogen (secondary N) is 3. The molecule has 0 bridgehead atoms. The third-order valence-corrected chi connectivity index (χ3v) is 5.65. The van der Waals surface area contributed by atoms with Crippen molar-refractivity contribution < 1.29 is 19.1 Å². The van der Waals surface area contributed by atoms with Gasteiger partial charge in [-0.25, -0.2) is 14.4 Å². The standard InChI is InChI=1S/C24H27BrN4O4/c1-4-13-29-15(3)20(22(30)33-5-2)21(28-24(29)32)16-7-6-8-19(14-16)27-23(31)26-18-11-9-17(25)10-12-18/h6-12,14,21H,4-5,13H2,1-3H3,(H,28,32)(H2,26,27,31)/t21-/m0/s1. The van der Waals surface area contributed by atoms with E-state index in [-0.39, 0.29) is 12.6 Å². The molecule has 1 heterocycles. The van der Waals surface area contributed by atoms with Crippen LogP contribution in [0.15, 0.2) is 64.3 Å². The average molecular weight is 515 g/mol. The first kappa shape index (κ1) is 24.3. The first-order chi connectivity index (χ1) is 15.8. The molecule has 9 heteroatoms. The van der Waals surface area contributed by atoms with Crippen molar-refractivity contribution in [3.05, 3.63) is 69.8 Å². The van der Waals surface area contributed by atoms with Gasteiger partial charge in [-0.05, 0) is 62.2 Å². The van der Waals surface area contributed by atoms with Crippen molar-refractivity contribution in [1.29, 1.82) is 0 Å². The Morgan fingerprint density at radius 1 is 1.09 bits per heavy atom. The van der Waals surface area contributed by atoms with Gasteiger partial charge in [-0.15, -0.1) is 0 Å². The highest BCUT2D eigenvalue weighted by molar-refractivity contribution is 9.10. The number of rotatable bonds is 7. The summed E-state index contributed by atoms with van der Waals surface area (Å²) in [5.41, 5.74) is 2.76. The van der Waals surface area contributed by atoms with E-state index in [9.17, 15) is 14.4 Å². The predicted octanol–water partition coefficient (Wildman–Crippen LogP) is 5.41. The summed E-state index contributed by atoms with van der Waals surface area (Å²) >= 11 is 3.36. The van der Waals surface area contributed by atoms with Crippen LogP contribution in [-0.4, -0.2) is 36.1 Å². The molecule has 0 saturated heterocycles. The Kier molecular flexibility index (Phi) is 8.11. The number of carbonyl (C=O) groups is 3. The van der Waals surface area contributed by atoms with Crippen LogP contribution in [0.1, 0.15) is 38.8 Å². The quantitative estimate of drug-likeness (QED) is 0.430. The Bertz CT molecular complexity index is 1070. The van der Waals surface area contributed by atoms with E-state index >= 15 is 0 Å². The van der Waals surface area contributed by atoms with Gasteiger partial charge in [0.2, 0.25) is 0 Å². The van der Waals surface area contributed by atoms with Crippen LogP contribution in [0.25, 0.3) is 0 Å². The van der Waals surface area contributed by atoms with Gasteiger partial charge in [0.05, 0.1) is 18.2 Å². The lowest BCUT2D eigenvalue weighted by Gasteiger charge is -2.35. The van der Waals surface area contributed by atoms with Crippen molar-refractivity contribution in [2.45, 2.75) is 33.2 Å². The molecule has 174 valence electrons. The fourth-order valence-corrected chi connectivity index (χ4v) is 3.88. The Balaban J connectivity index is 1.86. The minimum absolute atomic E-state index is 0.224. The van der Waals surface area contributed by atoms with Gasteiger partial charge >= 0.3 is 18.0 Å². The zero-order valence-electron chi connectivity index (χ0n) is 18.8. The predicted molar refractivity (Wildman–Crippen MR) is 131 cm³/mol. The molecule has 1 atom stereocenters. The highest BCUT2D eigenvalue weighted by atomic mass is 79.9. The third kappa shape index (κ3) is 5.92. The molecule has 3 N–H and O–H groups in total. The van der Waals surface area contributed by atoms with Crippen LogP contribution >= 0.6 is 15.9 Å². The molecule has 0 spiro atoms. The molecule has 8 nitrogen and oxygen atoms in total. The molecule has 1 aliphatic heterocycles. The molecule has 0 saturated carbocycles. The second-order valence-corrected chi connectivity index (χ2v) is 8.38. The molecular formula is C24H27BrN4O4. The van der Waals surface area contributed by atoms with E-state index in [1.165, 1.54) is 0 Å². The van der Waals surface area contributed by atoms with Crippen molar-refractivity contribution in [2.75, 3.05) is 23.8 Å². The minimum atomic E-state index is -0.694. The van der Waals surface area contributed by atoms with Gasteiger partial charge < -0.3 is 20.7 Å². The van der Waals surface area contributed by atoms with Gasteiger partial charge in [0.25, 0.3) is 0 Å². The molecule has 0 aromatic heterocycles. The summed E-state index contributed by atoms with van der Waals surface area (Å²) in [5, 5.41) is 8.46. The number of amides is 4. The van der Waals surface area contributed by atoms with Crippen molar-refractivity contribution >= 4 is 45.3 Å². The Morgan fingerprint density at radius 3 is 2.45 bits per heavy atom. The van der Waals surface area contributed by atoms with Crippen LogP contribution in [0.2, 0.25) is 0 Å². The van der Waals surface area contributed by atoms with E-state index < -0.39 is 18.0 Å². The lowest BCUT2D eigenvalue weighted by molar-refractivity contribution is -0.139. The number of esters is 1. The Hall–Kier alpha value is -3.33. The third-order valence-electron chi connectivity index (χ3n) is 5.12. The van der Waals surface area contributed by atoms with Crippen molar-refractivity contribution in [3.8, 4) is 0 Å². The van der Waals surface area contributed by atoms with Crippen LogP contribution in [-0.2, 0) is 9.53 Å². The Morgan fingerprint density at radius 2 is 1.79 bits per heavy atom. The normalized spacial score (nSPS) is 15.7. The SMILES string of the molecule is CCCN1C(=O)N[C@@H](c2cccc(NC(=O)Nc3ccc(Br)cc3)c2)C(C(=O)OCC)=C1C. The number of allylic oxidation sites excluding steroid dienone is 1. The molecule has 2 aromatic rings. The van der Waals surface area contributed by atoms with E-state index in [2.05, 4.69) is 31.9 Å². The topological polar surface area (TPSA) is 99.8 Å². The zero-order valence-corrected chi connectivity index (χ0v) is 20.4. The van der Waals surface area contributed by atoms with Crippen LogP contribution in [0.3, 0.4) is 0 Å². The maximum atomic E-state index is 12.8. The summed E-state index contributed by atoms with van der Waals surface area (Å²) in [6, 6.07) is 12.8. The van der Waals surface area contributed by atoms with Gasteiger partial charge in [0.15, 0.2) is 0 Å². The van der Waals surface area contributed by atoms with Crippen LogP contribution < -0.4 is 16.0 Å². The number of halogens is 1. The number of nitrogens with zero attached hydrogens (tertiary/aromatic N) is 1. The van der Waals surface area contributed by atoms with Gasteiger partial charge in [-0.2, -0.15) is 0 Å². The average Bonchev–Trinajstić information content (AvgIpc) is 2.78. The first-order valence-corrected chi connectivity index (χ1v) is 11.5. The van der Waals surface area contributed by atoms with E-state index in [1.807, 2.05) is 19.1 Å². The second-order valence-electron chi connectivity index (χ2n) is 7.47. The first-order valence-electron chi connectivity index (χ1n) is 10.7. The minimum Gasteiger partial charge on any atom is -0.463 e. The van der Waals surface area contributed by atoms with Gasteiger partial charge in [0, 0.05) is 28.1 Å². The zero-order chi connectivity index (χ0) is 24.0. The largest absolute Gasteiger partial charge is 0.463 e. The fourth-order valence-electron chi connectivity index (χ4n) is 3.62. The highest BCUT2D eigenvalue weighted by Crippen LogP contribution is 2.32. The molecule has 0 aliphatic carbocycles. The summed E-state index contributed by atoms with van der Waals surface area (Å²) < 4.78 is 6.19. The van der Waals surface area contributed by atoms with E-state index in [0.717, 1.165) is 10.9 Å². The van der Waals surface area contributed by atoms with Gasteiger partial charge in [-0.1, -0.05) is 35.0 Å². The molecule has 2 aromatic carbocycles. The van der Waals surface area contributed by atoms with Crippen molar-refractivity contribution in [3.63, 3.8) is 0 Å². The molecule has 3 rings (SSSR count). The molecule has 0 unspecified atom stereocenters. The van der Waals surface area contributed by atoms with E-state index in [4.69, 9.17) is 4.74 Å². The fraction of sp³-hybridized carbons (Fsp3) is 0.292. The molecule has 0 radical (unpaired) electrons. The lowest BCUT2D eigenvalue weighted by atomic mass is 9.94. The lowest BCUT2D eigenvalue weighted by Crippen LogP contribution is -2.48. The van der Waals surface area contributed by atoms with Crippen molar-refractivity contribution in [2.24, 2.45) is 0 Å². The number of hydrogen-bond donors (Lipinski definition) is 3. The maximum absolute atomic E-state index is 12.8. The molecular weight excluding hydrogens is 488 g/mol. The number of benzene rings is 2. The molecule has 0 fully saturated rings. The number of ether oxygens (including phenoxy) is 1. The monoisotopic (exact) mass is 514 g/mol. The highest BCUT2D eigenvalue weighted by Gasteiger charge is 2.36. The smallest absolute Gasteiger partial charge is 0.338 e. The number of urea groups is 2. The summed E-state index contributed by atoms with van der Waals surface area (Å²) in [5.74, 6) is -0.479. The van der Waals surface area contributed by atoms with E-state index in [1.54, 1.807) is 55.1 Å². The molecule has 33 heavy (non-hydrogen) atoms. The maximum Gasteiger partial charge on any atom is 0.338 e. The van der Waals surface area contributed by atoms with Gasteiger partial charge in [-0.3, -0.25) is 4.90 Å². The number of anilines is 2. The molecule has 4 amide bonds. The molecule has 1 aliphatic rings. The number of hydrogen-bond acceptors (Lipinski definition) is 4. The summed E-state index contributed by atoms with van der Waals surface area (Å²) in [6.07, 6.45) is 0.748. The second kappa shape index (κ2) is 11.0. The Labute approximate surface area is 201 Å². The van der Waals surface area contributed by atoms with Crippen LogP contribution in [0.5, 0.6) is 0 Å². The van der Waals surface area contributed by atoms with Crippen LogP contribution in [0.4, 0.5) is 21.0 Å². The van der Waals surface area contributed by atoms with Crippen LogP contribution in [0, 0.1) is 0 Å².